The van der Waals surface area contributed by atoms with E-state index < -0.39 is 34.3 Å². The van der Waals surface area contributed by atoms with E-state index in [4.69, 9.17) is 0 Å². The molecule has 0 saturated carbocycles. The summed E-state index contributed by atoms with van der Waals surface area (Å²) in [6.45, 7) is 1.16. The molecule has 0 aliphatic carbocycles. The van der Waals surface area contributed by atoms with Crippen LogP contribution in [0.1, 0.15) is 11.3 Å². The van der Waals surface area contributed by atoms with E-state index in [1.54, 1.807) is 19.1 Å². The zero-order valence-electron chi connectivity index (χ0n) is 15.8. The first-order chi connectivity index (χ1) is 13.9. The molecule has 0 fully saturated rings. The fourth-order valence-electron chi connectivity index (χ4n) is 3.14. The first-order valence-electron chi connectivity index (χ1n) is 8.54. The third-order valence-electron chi connectivity index (χ3n) is 4.29. The van der Waals surface area contributed by atoms with Crippen LogP contribution in [0.2, 0.25) is 0 Å². The Kier molecular flexibility index (Phi) is 5.79. The number of carbonyl (C=O) groups is 1. The Morgan fingerprint density at radius 3 is 2.43 bits per heavy atom. The van der Waals surface area contributed by atoms with Gasteiger partial charge in [-0.25, -0.2) is 8.42 Å². The Balaban J connectivity index is 2.29. The number of benzene rings is 2. The molecule has 1 aromatic heterocycles. The number of halogens is 3. The second kappa shape index (κ2) is 7.88. The maximum atomic E-state index is 13.5. The standard InChI is InChI=1S/C19H17F3N2O4S2/c1-11-18(29-15-9-4-3-6-12(15)19(20,21)22)17-13(23-30(2,27)28)7-5-8-14(17)24(11)10-16(25)26/h3-9,23H,10H2,1-2H3,(H,25,26). The van der Waals surface area contributed by atoms with E-state index in [-0.39, 0.29) is 10.6 Å². The van der Waals surface area contributed by atoms with Crippen LogP contribution >= 0.6 is 11.8 Å². The van der Waals surface area contributed by atoms with Gasteiger partial charge in [-0.2, -0.15) is 13.2 Å². The van der Waals surface area contributed by atoms with Gasteiger partial charge in [0.15, 0.2) is 0 Å². The predicted octanol–water partition coefficient (Wildman–Crippen LogP) is 4.58. The lowest BCUT2D eigenvalue weighted by molar-refractivity contribution is -0.140. The Bertz CT molecular complexity index is 1230. The first kappa shape index (κ1) is 22.0. The molecule has 0 unspecified atom stereocenters. The molecule has 0 saturated heterocycles. The number of carboxylic acids is 1. The van der Waals surface area contributed by atoms with Crippen molar-refractivity contribution in [2.24, 2.45) is 0 Å². The zero-order valence-corrected chi connectivity index (χ0v) is 17.5. The summed E-state index contributed by atoms with van der Waals surface area (Å²) in [6, 6.07) is 9.66. The van der Waals surface area contributed by atoms with Crippen LogP contribution in [0.3, 0.4) is 0 Å². The van der Waals surface area contributed by atoms with Crippen molar-refractivity contribution >= 4 is 44.3 Å². The van der Waals surface area contributed by atoms with Crippen molar-refractivity contribution in [2.45, 2.75) is 29.4 Å². The van der Waals surface area contributed by atoms with Crippen LogP contribution < -0.4 is 4.72 Å². The van der Waals surface area contributed by atoms with Crippen LogP contribution in [0.5, 0.6) is 0 Å². The predicted molar refractivity (Wildman–Crippen MR) is 108 cm³/mol. The summed E-state index contributed by atoms with van der Waals surface area (Å²) < 4.78 is 67.8. The lowest BCUT2D eigenvalue weighted by atomic mass is 10.2. The lowest BCUT2D eigenvalue weighted by Crippen LogP contribution is -2.10. The minimum atomic E-state index is -4.58. The lowest BCUT2D eigenvalue weighted by Gasteiger charge is -2.13. The number of hydrogen-bond donors (Lipinski definition) is 2. The Hall–Kier alpha value is -2.66. The average Bonchev–Trinajstić information content (AvgIpc) is 2.86. The number of fused-ring (bicyclic) bond motifs is 1. The number of carboxylic acid groups (broad SMARTS) is 1. The van der Waals surface area contributed by atoms with E-state index in [1.165, 1.54) is 28.8 Å². The van der Waals surface area contributed by atoms with E-state index in [0.717, 1.165) is 24.1 Å². The van der Waals surface area contributed by atoms with E-state index >= 15 is 0 Å². The summed E-state index contributed by atoms with van der Waals surface area (Å²) in [5.74, 6) is -1.14. The smallest absolute Gasteiger partial charge is 0.417 e. The van der Waals surface area contributed by atoms with Crippen molar-refractivity contribution in [3.63, 3.8) is 0 Å². The molecule has 11 heteroatoms. The van der Waals surface area contributed by atoms with Gasteiger partial charge in [0.25, 0.3) is 0 Å². The highest BCUT2D eigenvalue weighted by Gasteiger charge is 2.34. The largest absolute Gasteiger partial charge is 0.480 e. The third kappa shape index (κ3) is 4.57. The molecule has 30 heavy (non-hydrogen) atoms. The van der Waals surface area contributed by atoms with Gasteiger partial charge >= 0.3 is 12.1 Å². The van der Waals surface area contributed by atoms with E-state index in [0.29, 0.717) is 21.5 Å². The Labute approximate surface area is 174 Å². The Morgan fingerprint density at radius 2 is 1.83 bits per heavy atom. The second-order valence-electron chi connectivity index (χ2n) is 6.56. The monoisotopic (exact) mass is 458 g/mol. The van der Waals surface area contributed by atoms with Crippen LogP contribution in [0.4, 0.5) is 18.9 Å². The minimum absolute atomic E-state index is 0.0726. The molecule has 0 aliphatic rings. The molecular formula is C19H17F3N2O4S2. The van der Waals surface area contributed by atoms with Gasteiger partial charge in [-0.15, -0.1) is 0 Å². The van der Waals surface area contributed by atoms with Crippen molar-refractivity contribution in [3.05, 3.63) is 53.7 Å². The average molecular weight is 458 g/mol. The molecule has 0 atom stereocenters. The van der Waals surface area contributed by atoms with Crippen molar-refractivity contribution in [1.29, 1.82) is 0 Å². The molecule has 6 nitrogen and oxygen atoms in total. The summed E-state index contributed by atoms with van der Waals surface area (Å²) >= 11 is 0.817. The summed E-state index contributed by atoms with van der Waals surface area (Å²) in [6.07, 6.45) is -3.62. The van der Waals surface area contributed by atoms with Crippen molar-refractivity contribution in [1.82, 2.24) is 4.57 Å². The zero-order chi connectivity index (χ0) is 22.3. The minimum Gasteiger partial charge on any atom is -0.480 e. The number of alkyl halides is 3. The van der Waals surface area contributed by atoms with Gasteiger partial charge in [-0.05, 0) is 31.2 Å². The SMILES string of the molecule is Cc1c(Sc2ccccc2C(F)(F)F)c2c(NS(C)(=O)=O)cccc2n1CC(=O)O. The molecule has 0 bridgehead atoms. The molecule has 160 valence electrons. The van der Waals surface area contributed by atoms with Gasteiger partial charge in [0.1, 0.15) is 6.54 Å². The Morgan fingerprint density at radius 1 is 1.17 bits per heavy atom. The number of nitrogens with one attached hydrogen (secondary N) is 1. The number of aliphatic carboxylic acids is 1. The van der Waals surface area contributed by atoms with Crippen LogP contribution in [0, 0.1) is 6.92 Å². The fraction of sp³-hybridized carbons (Fsp3) is 0.211. The van der Waals surface area contributed by atoms with E-state index in [9.17, 15) is 31.5 Å². The van der Waals surface area contributed by atoms with Crippen molar-refractivity contribution in [2.75, 3.05) is 11.0 Å². The second-order valence-corrected chi connectivity index (χ2v) is 9.36. The van der Waals surface area contributed by atoms with Gasteiger partial charge in [0, 0.05) is 20.9 Å². The number of rotatable bonds is 6. The molecule has 0 aliphatic heterocycles. The summed E-state index contributed by atoms with van der Waals surface area (Å²) in [7, 11) is -3.68. The van der Waals surface area contributed by atoms with Crippen LogP contribution in [0.25, 0.3) is 10.9 Å². The highest BCUT2D eigenvalue weighted by Crippen LogP contribution is 2.45. The molecule has 2 N–H and O–H groups in total. The van der Waals surface area contributed by atoms with Crippen LogP contribution in [-0.2, 0) is 27.5 Å². The fourth-order valence-corrected chi connectivity index (χ4v) is 4.94. The molecule has 1 heterocycles. The number of hydrogen-bond acceptors (Lipinski definition) is 4. The quantitative estimate of drug-likeness (QED) is 0.565. The highest BCUT2D eigenvalue weighted by molar-refractivity contribution is 7.99. The topological polar surface area (TPSA) is 88.4 Å². The van der Waals surface area contributed by atoms with E-state index in [1.807, 2.05) is 0 Å². The van der Waals surface area contributed by atoms with Crippen LogP contribution in [-0.4, -0.2) is 30.3 Å². The molecule has 0 radical (unpaired) electrons. The summed E-state index contributed by atoms with van der Waals surface area (Å²) in [5.41, 5.74) is 0.143. The molecule has 0 amide bonds. The van der Waals surface area contributed by atoms with Gasteiger partial charge in [0.05, 0.1) is 23.0 Å². The normalized spacial score (nSPS) is 12.3. The van der Waals surface area contributed by atoms with Crippen LogP contribution in [0.15, 0.2) is 52.3 Å². The maximum absolute atomic E-state index is 13.5. The third-order valence-corrected chi connectivity index (χ3v) is 6.16. The first-order valence-corrected chi connectivity index (χ1v) is 11.2. The summed E-state index contributed by atoms with van der Waals surface area (Å²) in [4.78, 5) is 11.6. The van der Waals surface area contributed by atoms with Gasteiger partial charge in [-0.3, -0.25) is 9.52 Å². The van der Waals surface area contributed by atoms with Crippen molar-refractivity contribution < 1.29 is 31.5 Å². The molecule has 2 aromatic carbocycles. The number of aromatic nitrogens is 1. The maximum Gasteiger partial charge on any atom is 0.417 e. The number of sulfonamides is 1. The number of anilines is 1. The van der Waals surface area contributed by atoms with E-state index in [2.05, 4.69) is 4.72 Å². The van der Waals surface area contributed by atoms with Gasteiger partial charge < -0.3 is 9.67 Å². The molecule has 0 spiro atoms. The highest BCUT2D eigenvalue weighted by atomic mass is 32.2. The van der Waals surface area contributed by atoms with Gasteiger partial charge in [-0.1, -0.05) is 30.0 Å². The van der Waals surface area contributed by atoms with Gasteiger partial charge in [0.2, 0.25) is 10.0 Å². The molecular weight excluding hydrogens is 441 g/mol. The molecule has 3 aromatic rings. The molecule has 3 rings (SSSR count). The number of nitrogens with zero attached hydrogens (tertiary/aromatic N) is 1. The van der Waals surface area contributed by atoms with Crippen molar-refractivity contribution in [3.8, 4) is 0 Å². The summed E-state index contributed by atoms with van der Waals surface area (Å²) in [5, 5.41) is 9.61.